The fourth-order valence-electron chi connectivity index (χ4n) is 3.27. The molecule has 2 heterocycles. The van der Waals surface area contributed by atoms with Gasteiger partial charge >= 0.3 is 18.3 Å². The lowest BCUT2D eigenvalue weighted by Crippen LogP contribution is -2.45. The van der Waals surface area contributed by atoms with Crippen LogP contribution in [-0.2, 0) is 30.6 Å². The zero-order valence-electron chi connectivity index (χ0n) is 20.6. The topological polar surface area (TPSA) is 161 Å². The molecule has 0 aliphatic carbocycles. The van der Waals surface area contributed by atoms with E-state index in [0.717, 1.165) is 35.2 Å². The Balaban J connectivity index is 1.92. The number of ether oxygens (including phenoxy) is 2. The molecule has 1 aliphatic rings. The number of hydrogen-bond donors (Lipinski definition) is 4. The highest BCUT2D eigenvalue weighted by molar-refractivity contribution is 8.09. The first kappa shape index (κ1) is 29.8. The van der Waals surface area contributed by atoms with E-state index in [1.54, 1.807) is 13.8 Å². The zero-order valence-corrected chi connectivity index (χ0v) is 23.1. The molecule has 2 unspecified atom stereocenters. The lowest BCUT2D eigenvalue weighted by Gasteiger charge is -2.26. The van der Waals surface area contributed by atoms with Gasteiger partial charge in [0, 0.05) is 30.1 Å². The molecule has 16 heteroatoms. The summed E-state index contributed by atoms with van der Waals surface area (Å²) in [6, 6.07) is 3.44. The molecule has 0 amide bonds. The smallest absolute Gasteiger partial charge is 0.365 e. The van der Waals surface area contributed by atoms with Crippen LogP contribution < -0.4 is 20.9 Å². The van der Waals surface area contributed by atoms with Crippen LogP contribution in [0.4, 0.5) is 4.39 Å². The predicted octanol–water partition coefficient (Wildman–Crippen LogP) is 2.06. The number of nitrogens with zero attached hydrogens (tertiary/aromatic N) is 1. The van der Waals surface area contributed by atoms with E-state index < -0.39 is 59.8 Å². The summed E-state index contributed by atoms with van der Waals surface area (Å²) >= 11 is 11.4. The third-order valence-electron chi connectivity index (χ3n) is 5.16. The predicted molar refractivity (Wildman–Crippen MR) is 137 cm³/mol. The van der Waals surface area contributed by atoms with Gasteiger partial charge in [0.1, 0.15) is 30.0 Å². The van der Waals surface area contributed by atoms with E-state index >= 15 is 0 Å². The number of nitrogens with one attached hydrogen (secondary N) is 2. The van der Waals surface area contributed by atoms with Crippen molar-refractivity contribution >= 4 is 36.0 Å². The maximum atomic E-state index is 13.6. The van der Waals surface area contributed by atoms with Gasteiger partial charge in [-0.05, 0) is 39.8 Å². The van der Waals surface area contributed by atoms with Crippen molar-refractivity contribution in [3.63, 3.8) is 0 Å². The summed E-state index contributed by atoms with van der Waals surface area (Å²) in [5, 5.41) is 24.0. The molecule has 208 valence electrons. The zero-order chi connectivity index (χ0) is 28.4. The van der Waals surface area contributed by atoms with Crippen molar-refractivity contribution in [1.29, 1.82) is 0 Å². The minimum Gasteiger partial charge on any atom is -0.465 e. The van der Waals surface area contributed by atoms with Crippen LogP contribution in [0.5, 0.6) is 5.75 Å². The normalized spacial score (nSPS) is 24.5. The monoisotopic (exact) mass is 593 g/mol. The van der Waals surface area contributed by atoms with Gasteiger partial charge in [-0.25, -0.2) is 14.3 Å². The fraction of sp³-hybridized carbons (Fsp3) is 0.409. The summed E-state index contributed by atoms with van der Waals surface area (Å²) in [7, 11) is 0. The van der Waals surface area contributed by atoms with Gasteiger partial charge < -0.3 is 28.7 Å². The van der Waals surface area contributed by atoms with Crippen molar-refractivity contribution in [1.82, 2.24) is 14.6 Å². The van der Waals surface area contributed by atoms with Crippen LogP contribution in [0, 0.1) is 5.82 Å². The average molecular weight is 594 g/mol. The summed E-state index contributed by atoms with van der Waals surface area (Å²) in [5.41, 5.74) is -3.61. The Morgan fingerprint density at radius 1 is 1.37 bits per heavy atom. The third-order valence-corrected chi connectivity index (χ3v) is 7.78. The van der Waals surface area contributed by atoms with E-state index in [4.69, 9.17) is 41.9 Å². The number of aliphatic hydroxyl groups excluding tert-OH is 1. The molecule has 1 fully saturated rings. The van der Waals surface area contributed by atoms with E-state index in [-0.39, 0.29) is 16.5 Å². The summed E-state index contributed by atoms with van der Waals surface area (Å²) < 4.78 is 36.7. The van der Waals surface area contributed by atoms with Crippen LogP contribution >= 0.6 is 18.2 Å². The Morgan fingerprint density at radius 3 is 2.66 bits per heavy atom. The molecule has 5 atom stereocenters. The molecule has 3 rings (SSSR count). The van der Waals surface area contributed by atoms with Crippen molar-refractivity contribution in [2.45, 2.75) is 57.8 Å². The lowest BCUT2D eigenvalue weighted by atomic mass is 9.99. The highest BCUT2D eigenvalue weighted by Gasteiger charge is 2.52. The molecule has 0 saturated carbocycles. The number of benzene rings is 1. The van der Waals surface area contributed by atoms with E-state index in [1.165, 1.54) is 19.9 Å². The van der Waals surface area contributed by atoms with Crippen molar-refractivity contribution in [3.8, 4) is 5.75 Å². The Labute approximate surface area is 226 Å². The highest BCUT2D eigenvalue weighted by atomic mass is 35.5. The second-order valence-corrected chi connectivity index (χ2v) is 12.2. The van der Waals surface area contributed by atoms with Gasteiger partial charge in [0.05, 0.1) is 11.1 Å². The van der Waals surface area contributed by atoms with E-state index in [0.29, 0.717) is 0 Å². The van der Waals surface area contributed by atoms with Crippen LogP contribution in [0.1, 0.15) is 33.9 Å². The number of aromatic nitrogens is 2. The molecule has 0 radical (unpaired) electrons. The van der Waals surface area contributed by atoms with Crippen LogP contribution in [0.3, 0.4) is 0 Å². The number of aromatic amines is 1. The molecular weight excluding hydrogens is 568 g/mol. The number of halogens is 2. The van der Waals surface area contributed by atoms with Gasteiger partial charge in [0.25, 0.3) is 5.56 Å². The molecule has 38 heavy (non-hydrogen) atoms. The standard InChI is InChI=1S/C22H26ClFN3O9PS/c1-11(2)34-19(30)12(3)26-37(38,36-13-5-6-15(24)14(23)9-13)33-10-16-18(29)22(4,32)20(35-16)27-8-7-17(28)25-21(27)31/h5-12,18,20,29,32H,1-4H3,(H,26,38)(H,25,28,31)/b16-10+/t12?,18-,20-,22-,37?/m1/s1. The van der Waals surface area contributed by atoms with Crippen molar-refractivity contribution in [2.24, 2.45) is 0 Å². The number of H-pyrrole nitrogens is 1. The summed E-state index contributed by atoms with van der Waals surface area (Å²) in [4.78, 5) is 38.0. The minimum absolute atomic E-state index is 0.00705. The maximum absolute atomic E-state index is 13.6. The van der Waals surface area contributed by atoms with Gasteiger partial charge in [-0.3, -0.25) is 19.1 Å². The molecule has 1 aliphatic heterocycles. The Hall–Kier alpha value is -2.74. The molecule has 0 bridgehead atoms. The Kier molecular flexibility index (Phi) is 9.07. The van der Waals surface area contributed by atoms with Gasteiger partial charge in [0.15, 0.2) is 11.4 Å². The molecule has 0 spiro atoms. The van der Waals surface area contributed by atoms with Crippen molar-refractivity contribution in [3.05, 3.63) is 74.2 Å². The van der Waals surface area contributed by atoms with Gasteiger partial charge in [-0.1, -0.05) is 11.6 Å². The number of hydrogen-bond acceptors (Lipinski definition) is 10. The van der Waals surface area contributed by atoms with Gasteiger partial charge in [-0.2, -0.15) is 0 Å². The second kappa shape index (κ2) is 11.6. The lowest BCUT2D eigenvalue weighted by molar-refractivity contribution is -0.149. The molecule has 12 nitrogen and oxygen atoms in total. The van der Waals surface area contributed by atoms with Crippen LogP contribution in [-0.4, -0.2) is 49.6 Å². The van der Waals surface area contributed by atoms with Crippen LogP contribution in [0.15, 0.2) is 52.1 Å². The quantitative estimate of drug-likeness (QED) is 0.191. The number of carbonyl (C=O) groups is 1. The molecule has 1 aromatic carbocycles. The van der Waals surface area contributed by atoms with Crippen molar-refractivity contribution < 1.29 is 37.9 Å². The minimum atomic E-state index is -3.72. The Bertz CT molecular complexity index is 1400. The molecule has 1 saturated heterocycles. The molecule has 1 aromatic heterocycles. The molecular formula is C22H26ClFN3O9PS. The summed E-state index contributed by atoms with van der Waals surface area (Å²) in [6.07, 6.45) is -1.62. The second-order valence-electron chi connectivity index (χ2n) is 8.74. The largest absolute Gasteiger partial charge is 0.465 e. The first-order chi connectivity index (χ1) is 17.6. The van der Waals surface area contributed by atoms with Crippen LogP contribution in [0.2, 0.25) is 5.02 Å². The van der Waals surface area contributed by atoms with E-state index in [9.17, 15) is 29.0 Å². The first-order valence-electron chi connectivity index (χ1n) is 11.1. The molecule has 2 aromatic rings. The molecule has 4 N–H and O–H groups in total. The number of carbonyl (C=O) groups excluding carboxylic acids is 1. The van der Waals surface area contributed by atoms with Crippen LogP contribution in [0.25, 0.3) is 0 Å². The van der Waals surface area contributed by atoms with Gasteiger partial charge in [0.2, 0.25) is 6.23 Å². The maximum Gasteiger partial charge on any atom is 0.365 e. The fourth-order valence-corrected chi connectivity index (χ4v) is 5.68. The third kappa shape index (κ3) is 6.82. The van der Waals surface area contributed by atoms with Crippen molar-refractivity contribution in [2.75, 3.05) is 0 Å². The highest BCUT2D eigenvalue weighted by Crippen LogP contribution is 2.48. The number of esters is 1. The average Bonchev–Trinajstić information content (AvgIpc) is 3.03. The van der Waals surface area contributed by atoms with E-state index in [1.807, 2.05) is 4.98 Å². The number of aliphatic hydroxyl groups is 2. The van der Waals surface area contributed by atoms with E-state index in [2.05, 4.69) is 5.09 Å². The first-order valence-corrected chi connectivity index (χ1v) is 14.1. The Morgan fingerprint density at radius 2 is 2.05 bits per heavy atom. The SMILES string of the molecule is CC(C)OC(=O)C(C)NP(=S)(O/C=C1/O[C@@H](n2ccc(=O)[nH]c2=O)[C@](C)(O)[C@@H]1O)Oc1ccc(F)c(Cl)c1. The summed E-state index contributed by atoms with van der Waals surface area (Å²) in [6.45, 7) is 2.25. The number of rotatable bonds is 9. The summed E-state index contributed by atoms with van der Waals surface area (Å²) in [5.74, 6) is -1.70. The van der Waals surface area contributed by atoms with Gasteiger partial charge in [-0.15, -0.1) is 0 Å².